The van der Waals surface area contributed by atoms with Crippen molar-refractivity contribution in [2.45, 2.75) is 26.2 Å². The second kappa shape index (κ2) is 8.75. The smallest absolute Gasteiger partial charge is 0.131 e. The molecular weight excluding hydrogens is 216 g/mol. The highest BCUT2D eigenvalue weighted by Gasteiger charge is 1.96. The number of rotatable bonds is 9. The summed E-state index contributed by atoms with van der Waals surface area (Å²) in [6.07, 6.45) is 4.87. The van der Waals surface area contributed by atoms with E-state index in [-0.39, 0.29) is 0 Å². The Morgan fingerprint density at radius 2 is 1.94 bits per heavy atom. The fourth-order valence-corrected chi connectivity index (χ4v) is 1.33. The Morgan fingerprint density at radius 1 is 1.18 bits per heavy atom. The lowest BCUT2D eigenvalue weighted by Crippen LogP contribution is -2.08. The van der Waals surface area contributed by atoms with Crippen LogP contribution in [0.2, 0.25) is 0 Å². The summed E-state index contributed by atoms with van der Waals surface area (Å²) in [6.45, 7) is 4.70. The molecule has 96 valence electrons. The molecule has 0 amide bonds. The van der Waals surface area contributed by atoms with Gasteiger partial charge in [-0.15, -0.1) is 0 Å². The molecule has 0 spiro atoms. The monoisotopic (exact) mass is 238 g/mol. The van der Waals surface area contributed by atoms with Crippen molar-refractivity contribution in [1.82, 2.24) is 9.97 Å². The van der Waals surface area contributed by atoms with Crippen LogP contribution in [-0.2, 0) is 4.74 Å². The van der Waals surface area contributed by atoms with Crippen LogP contribution in [0.25, 0.3) is 0 Å². The molecule has 1 heterocycles. The van der Waals surface area contributed by atoms with E-state index in [4.69, 9.17) is 4.74 Å². The zero-order valence-corrected chi connectivity index (χ0v) is 10.7. The molecule has 0 aliphatic heterocycles. The molecule has 0 bridgehead atoms. The average molecular weight is 238 g/mol. The predicted octanol–water partition coefficient (Wildman–Crippen LogP) is 2.14. The van der Waals surface area contributed by atoms with Gasteiger partial charge in [0.15, 0.2) is 0 Å². The first-order valence-electron chi connectivity index (χ1n) is 6.18. The van der Waals surface area contributed by atoms with Crippen molar-refractivity contribution in [3.05, 3.63) is 12.4 Å². The Hall–Kier alpha value is -1.36. The van der Waals surface area contributed by atoms with Gasteiger partial charge < -0.3 is 15.4 Å². The molecule has 0 radical (unpaired) electrons. The Morgan fingerprint density at radius 3 is 2.71 bits per heavy atom. The lowest BCUT2D eigenvalue weighted by atomic mass is 10.3. The highest BCUT2D eigenvalue weighted by atomic mass is 16.5. The molecule has 0 atom stereocenters. The molecule has 0 fully saturated rings. The molecule has 0 saturated carbocycles. The third kappa shape index (κ3) is 6.06. The SMILES string of the molecule is CCCCOCCCNc1cc(NC)ncn1. The van der Waals surface area contributed by atoms with Gasteiger partial charge in [0.1, 0.15) is 18.0 Å². The normalized spacial score (nSPS) is 10.2. The molecule has 17 heavy (non-hydrogen) atoms. The number of nitrogens with one attached hydrogen (secondary N) is 2. The Bertz CT molecular complexity index is 306. The van der Waals surface area contributed by atoms with Crippen LogP contribution >= 0.6 is 0 Å². The summed E-state index contributed by atoms with van der Waals surface area (Å²) in [7, 11) is 1.84. The van der Waals surface area contributed by atoms with Gasteiger partial charge in [-0.3, -0.25) is 0 Å². The van der Waals surface area contributed by atoms with E-state index in [0.29, 0.717) is 0 Å². The molecule has 0 aromatic carbocycles. The summed E-state index contributed by atoms with van der Waals surface area (Å²) >= 11 is 0. The summed E-state index contributed by atoms with van der Waals surface area (Å²) < 4.78 is 5.47. The number of anilines is 2. The van der Waals surface area contributed by atoms with Crippen LogP contribution in [0.1, 0.15) is 26.2 Å². The van der Waals surface area contributed by atoms with E-state index in [1.54, 1.807) is 6.33 Å². The van der Waals surface area contributed by atoms with Crippen LogP contribution in [-0.4, -0.2) is 36.8 Å². The molecule has 5 heteroatoms. The van der Waals surface area contributed by atoms with Crippen molar-refractivity contribution in [3.8, 4) is 0 Å². The number of hydrogen-bond donors (Lipinski definition) is 2. The standard InChI is InChI=1S/C12H22N4O/c1-3-4-7-17-8-5-6-14-12-9-11(13-2)15-10-16-12/h9-10H,3-8H2,1-2H3,(H2,13,14,15,16). The van der Waals surface area contributed by atoms with Gasteiger partial charge in [-0.2, -0.15) is 0 Å². The maximum atomic E-state index is 5.47. The predicted molar refractivity (Wildman–Crippen MR) is 70.4 cm³/mol. The van der Waals surface area contributed by atoms with Gasteiger partial charge in [0.25, 0.3) is 0 Å². The largest absolute Gasteiger partial charge is 0.381 e. The molecular formula is C12H22N4O. The van der Waals surface area contributed by atoms with E-state index in [1.807, 2.05) is 13.1 Å². The lowest BCUT2D eigenvalue weighted by molar-refractivity contribution is 0.131. The van der Waals surface area contributed by atoms with Crippen LogP contribution in [0, 0.1) is 0 Å². The number of hydrogen-bond acceptors (Lipinski definition) is 5. The highest BCUT2D eigenvalue weighted by molar-refractivity contribution is 5.45. The van der Waals surface area contributed by atoms with Gasteiger partial charge in [-0.1, -0.05) is 13.3 Å². The zero-order chi connectivity index (χ0) is 12.3. The fourth-order valence-electron chi connectivity index (χ4n) is 1.33. The van der Waals surface area contributed by atoms with Crippen LogP contribution in [0.15, 0.2) is 12.4 Å². The van der Waals surface area contributed by atoms with Gasteiger partial charge in [-0.25, -0.2) is 9.97 Å². The van der Waals surface area contributed by atoms with Crippen molar-refractivity contribution >= 4 is 11.6 Å². The first kappa shape index (κ1) is 13.7. The molecule has 1 aromatic rings. The third-order valence-corrected chi connectivity index (χ3v) is 2.34. The maximum absolute atomic E-state index is 5.47. The minimum Gasteiger partial charge on any atom is -0.381 e. The van der Waals surface area contributed by atoms with E-state index in [2.05, 4.69) is 27.5 Å². The lowest BCUT2D eigenvalue weighted by Gasteiger charge is -2.07. The van der Waals surface area contributed by atoms with Crippen molar-refractivity contribution in [3.63, 3.8) is 0 Å². The van der Waals surface area contributed by atoms with Crippen molar-refractivity contribution in [1.29, 1.82) is 0 Å². The highest BCUT2D eigenvalue weighted by Crippen LogP contribution is 2.07. The molecule has 0 saturated heterocycles. The van der Waals surface area contributed by atoms with E-state index in [0.717, 1.165) is 44.2 Å². The number of nitrogens with zero attached hydrogens (tertiary/aromatic N) is 2. The second-order valence-electron chi connectivity index (χ2n) is 3.78. The summed E-state index contributed by atoms with van der Waals surface area (Å²) in [4.78, 5) is 8.18. The van der Waals surface area contributed by atoms with E-state index < -0.39 is 0 Å². The molecule has 5 nitrogen and oxygen atoms in total. The molecule has 0 aliphatic carbocycles. The fraction of sp³-hybridized carbons (Fsp3) is 0.667. The third-order valence-electron chi connectivity index (χ3n) is 2.34. The van der Waals surface area contributed by atoms with Gasteiger partial charge in [0.2, 0.25) is 0 Å². The van der Waals surface area contributed by atoms with E-state index >= 15 is 0 Å². The van der Waals surface area contributed by atoms with Crippen molar-refractivity contribution in [2.75, 3.05) is 37.4 Å². The maximum Gasteiger partial charge on any atom is 0.131 e. The van der Waals surface area contributed by atoms with Crippen molar-refractivity contribution < 1.29 is 4.74 Å². The minimum absolute atomic E-state index is 0.803. The minimum atomic E-state index is 0.803. The van der Waals surface area contributed by atoms with Crippen LogP contribution in [0.3, 0.4) is 0 Å². The first-order chi connectivity index (χ1) is 8.36. The quantitative estimate of drug-likeness (QED) is 0.645. The molecule has 0 unspecified atom stereocenters. The van der Waals surface area contributed by atoms with Gasteiger partial charge in [0.05, 0.1) is 0 Å². The Kier molecular flexibility index (Phi) is 7.06. The Balaban J connectivity index is 2.09. The summed E-state index contributed by atoms with van der Waals surface area (Å²) in [5.74, 6) is 1.67. The van der Waals surface area contributed by atoms with Gasteiger partial charge in [-0.05, 0) is 12.8 Å². The van der Waals surface area contributed by atoms with E-state index in [9.17, 15) is 0 Å². The number of ether oxygens (including phenoxy) is 1. The summed E-state index contributed by atoms with van der Waals surface area (Å²) in [5.41, 5.74) is 0. The topological polar surface area (TPSA) is 59.1 Å². The number of unbranched alkanes of at least 4 members (excludes halogenated alkanes) is 1. The van der Waals surface area contributed by atoms with Gasteiger partial charge in [0, 0.05) is 32.9 Å². The van der Waals surface area contributed by atoms with E-state index in [1.165, 1.54) is 6.42 Å². The average Bonchev–Trinajstić information content (AvgIpc) is 2.38. The first-order valence-corrected chi connectivity index (χ1v) is 6.18. The van der Waals surface area contributed by atoms with Crippen molar-refractivity contribution in [2.24, 2.45) is 0 Å². The second-order valence-corrected chi connectivity index (χ2v) is 3.78. The van der Waals surface area contributed by atoms with Crippen LogP contribution in [0.5, 0.6) is 0 Å². The molecule has 1 aromatic heterocycles. The number of aromatic nitrogens is 2. The molecule has 2 N–H and O–H groups in total. The molecule has 1 rings (SSSR count). The molecule has 0 aliphatic rings. The van der Waals surface area contributed by atoms with Crippen LogP contribution in [0.4, 0.5) is 11.6 Å². The Labute approximate surface area is 103 Å². The zero-order valence-electron chi connectivity index (χ0n) is 10.7. The van der Waals surface area contributed by atoms with Crippen LogP contribution < -0.4 is 10.6 Å². The summed E-state index contributed by atoms with van der Waals surface area (Å²) in [5, 5.41) is 6.22. The summed E-state index contributed by atoms with van der Waals surface area (Å²) in [6, 6.07) is 1.89. The van der Waals surface area contributed by atoms with Gasteiger partial charge >= 0.3 is 0 Å².